The molecule has 1 unspecified atom stereocenters. The highest BCUT2D eigenvalue weighted by Gasteiger charge is 2.16. The molecule has 1 atom stereocenters. The van der Waals surface area contributed by atoms with Crippen LogP contribution in [0.2, 0.25) is 0 Å². The van der Waals surface area contributed by atoms with Gasteiger partial charge in [0.05, 0.1) is 13.2 Å². The predicted octanol–water partition coefficient (Wildman–Crippen LogP) is 5.80. The van der Waals surface area contributed by atoms with E-state index in [-0.39, 0.29) is 18.9 Å². The minimum Gasteiger partial charge on any atom is -0.450 e. The first-order valence-electron chi connectivity index (χ1n) is 10.5. The van der Waals surface area contributed by atoms with Crippen LogP contribution in [-0.2, 0) is 13.8 Å². The van der Waals surface area contributed by atoms with Gasteiger partial charge in [0.25, 0.3) is 0 Å². The van der Waals surface area contributed by atoms with Gasteiger partial charge >= 0.3 is 13.7 Å². The number of allylic oxidation sites excluding steroid dienone is 1. The van der Waals surface area contributed by atoms with Gasteiger partial charge in [-0.2, -0.15) is 0 Å². The second-order valence-electron chi connectivity index (χ2n) is 6.81. The van der Waals surface area contributed by atoms with E-state index in [1.54, 1.807) is 6.92 Å². The molecule has 2 N–H and O–H groups in total. The molecule has 0 fully saturated rings. The van der Waals surface area contributed by atoms with Crippen LogP contribution in [-0.4, -0.2) is 36.9 Å². The minimum atomic E-state index is -3.34. The molecule has 0 radical (unpaired) electrons. The SMILES string of the molecule is C=CCCCCCNC(=O)OCCCCCCCCCCP(=O)(O)OCC. The van der Waals surface area contributed by atoms with E-state index in [9.17, 15) is 14.3 Å². The molecule has 0 spiro atoms. The van der Waals surface area contributed by atoms with Crippen LogP contribution in [0.4, 0.5) is 4.79 Å². The third-order valence-electron chi connectivity index (χ3n) is 4.25. The van der Waals surface area contributed by atoms with Crippen LogP contribution in [0.5, 0.6) is 0 Å². The van der Waals surface area contributed by atoms with Gasteiger partial charge in [0.15, 0.2) is 0 Å². The number of rotatable bonds is 19. The van der Waals surface area contributed by atoms with Crippen LogP contribution in [0.1, 0.15) is 84.0 Å². The van der Waals surface area contributed by atoms with Gasteiger partial charge in [-0.25, -0.2) is 4.79 Å². The van der Waals surface area contributed by atoms with Crippen LogP contribution in [0.25, 0.3) is 0 Å². The molecule has 0 aromatic carbocycles. The Labute approximate surface area is 165 Å². The second-order valence-corrected chi connectivity index (χ2v) is 8.79. The average molecular weight is 406 g/mol. The summed E-state index contributed by atoms with van der Waals surface area (Å²) < 4.78 is 21.5. The molecule has 0 aromatic rings. The number of amides is 1. The zero-order chi connectivity index (χ0) is 20.2. The monoisotopic (exact) mass is 405 g/mol. The van der Waals surface area contributed by atoms with E-state index in [2.05, 4.69) is 11.9 Å². The number of hydrogen-bond donors (Lipinski definition) is 2. The van der Waals surface area contributed by atoms with Gasteiger partial charge < -0.3 is 19.5 Å². The Kier molecular flexibility index (Phi) is 17.9. The number of ether oxygens (including phenoxy) is 1. The molecule has 0 aliphatic heterocycles. The molecule has 1 amide bonds. The third-order valence-corrected chi connectivity index (χ3v) is 5.80. The number of unbranched alkanes of at least 4 members (excludes halogenated alkanes) is 10. The van der Waals surface area contributed by atoms with Crippen molar-refractivity contribution in [3.63, 3.8) is 0 Å². The highest BCUT2D eigenvalue weighted by molar-refractivity contribution is 7.52. The summed E-state index contributed by atoms with van der Waals surface area (Å²) in [5.41, 5.74) is 0. The summed E-state index contributed by atoms with van der Waals surface area (Å²) >= 11 is 0. The smallest absolute Gasteiger partial charge is 0.407 e. The molecular weight excluding hydrogens is 365 g/mol. The topological polar surface area (TPSA) is 84.9 Å². The van der Waals surface area contributed by atoms with Gasteiger partial charge in [0.1, 0.15) is 0 Å². The van der Waals surface area contributed by atoms with Crippen LogP contribution < -0.4 is 5.32 Å². The fourth-order valence-corrected chi connectivity index (χ4v) is 3.89. The molecule has 0 saturated carbocycles. The van der Waals surface area contributed by atoms with Crippen molar-refractivity contribution in [2.45, 2.75) is 84.0 Å². The normalized spacial score (nSPS) is 13.1. The molecule has 7 heteroatoms. The quantitative estimate of drug-likeness (QED) is 0.161. The number of alkyl carbamates (subject to hydrolysis) is 1. The lowest BCUT2D eigenvalue weighted by atomic mass is 10.1. The summed E-state index contributed by atoms with van der Waals surface area (Å²) in [6.07, 6.45) is 14.3. The zero-order valence-corrected chi connectivity index (χ0v) is 18.0. The number of carbonyl (C=O) groups excluding carboxylic acids is 1. The van der Waals surface area contributed by atoms with E-state index in [0.29, 0.717) is 13.2 Å². The first-order valence-corrected chi connectivity index (χ1v) is 12.3. The van der Waals surface area contributed by atoms with Crippen LogP contribution in [0.3, 0.4) is 0 Å². The molecule has 160 valence electrons. The Hall–Kier alpha value is -0.840. The predicted molar refractivity (Wildman–Crippen MR) is 111 cm³/mol. The van der Waals surface area contributed by atoms with Crippen molar-refractivity contribution >= 4 is 13.7 Å². The standard InChI is InChI=1S/C20H40NO5P/c1-3-5-6-11-14-17-21-20(22)25-18-15-12-9-7-8-10-13-16-19-27(23,24)26-4-2/h3H,1,4-19H2,2H3,(H,21,22)(H,23,24). The lowest BCUT2D eigenvalue weighted by molar-refractivity contribution is 0.143. The highest BCUT2D eigenvalue weighted by atomic mass is 31.2. The Morgan fingerprint density at radius 3 is 2.22 bits per heavy atom. The average Bonchev–Trinajstić information content (AvgIpc) is 2.62. The minimum absolute atomic E-state index is 0.259. The number of carbonyl (C=O) groups is 1. The number of hydrogen-bond acceptors (Lipinski definition) is 4. The van der Waals surface area contributed by atoms with Crippen molar-refractivity contribution in [1.82, 2.24) is 5.32 Å². The van der Waals surface area contributed by atoms with Crippen molar-refractivity contribution in [3.05, 3.63) is 12.7 Å². The van der Waals surface area contributed by atoms with Gasteiger partial charge in [0.2, 0.25) is 0 Å². The largest absolute Gasteiger partial charge is 0.450 e. The van der Waals surface area contributed by atoms with E-state index >= 15 is 0 Å². The summed E-state index contributed by atoms with van der Waals surface area (Å²) in [6, 6.07) is 0. The van der Waals surface area contributed by atoms with Crippen LogP contribution in [0.15, 0.2) is 12.7 Å². The van der Waals surface area contributed by atoms with Crippen LogP contribution >= 0.6 is 7.60 Å². The van der Waals surface area contributed by atoms with Crippen molar-refractivity contribution in [2.24, 2.45) is 0 Å². The first-order chi connectivity index (χ1) is 13.0. The summed E-state index contributed by atoms with van der Waals surface area (Å²) in [6.45, 7) is 6.85. The zero-order valence-electron chi connectivity index (χ0n) is 17.1. The molecule has 6 nitrogen and oxygen atoms in total. The van der Waals surface area contributed by atoms with Gasteiger partial charge in [-0.1, -0.05) is 51.0 Å². The molecule has 27 heavy (non-hydrogen) atoms. The fourth-order valence-electron chi connectivity index (χ4n) is 2.74. The van der Waals surface area contributed by atoms with E-state index in [1.807, 2.05) is 6.08 Å². The lowest BCUT2D eigenvalue weighted by Crippen LogP contribution is -2.25. The highest BCUT2D eigenvalue weighted by Crippen LogP contribution is 2.42. The fraction of sp³-hybridized carbons (Fsp3) is 0.850. The van der Waals surface area contributed by atoms with Gasteiger partial charge in [-0.3, -0.25) is 4.57 Å². The Balaban J connectivity index is 3.27. The Bertz CT molecular complexity index is 417. The maximum absolute atomic E-state index is 11.5. The molecule has 0 aliphatic rings. The number of nitrogens with one attached hydrogen (secondary N) is 1. The van der Waals surface area contributed by atoms with Gasteiger partial charge in [-0.05, 0) is 39.0 Å². The maximum Gasteiger partial charge on any atom is 0.407 e. The molecular formula is C20H40NO5P. The summed E-state index contributed by atoms with van der Waals surface area (Å²) in [5, 5.41) is 2.78. The third kappa shape index (κ3) is 19.7. The van der Waals surface area contributed by atoms with Crippen molar-refractivity contribution < 1.29 is 23.5 Å². The Morgan fingerprint density at radius 2 is 1.59 bits per heavy atom. The molecule has 0 rings (SSSR count). The van der Waals surface area contributed by atoms with E-state index in [4.69, 9.17) is 9.26 Å². The van der Waals surface area contributed by atoms with Crippen molar-refractivity contribution in [1.29, 1.82) is 0 Å². The van der Waals surface area contributed by atoms with E-state index < -0.39 is 7.60 Å². The molecule has 0 heterocycles. The molecule has 0 aromatic heterocycles. The molecule has 0 bridgehead atoms. The van der Waals surface area contributed by atoms with Crippen molar-refractivity contribution in [2.75, 3.05) is 25.9 Å². The second kappa shape index (κ2) is 18.5. The summed E-state index contributed by atoms with van der Waals surface area (Å²) in [4.78, 5) is 20.9. The summed E-state index contributed by atoms with van der Waals surface area (Å²) in [5.74, 6) is 0. The lowest BCUT2D eigenvalue weighted by Gasteiger charge is -2.10. The van der Waals surface area contributed by atoms with E-state index in [1.165, 1.54) is 0 Å². The molecule has 0 aliphatic carbocycles. The van der Waals surface area contributed by atoms with Crippen molar-refractivity contribution in [3.8, 4) is 0 Å². The van der Waals surface area contributed by atoms with Gasteiger partial charge in [0, 0.05) is 12.7 Å². The van der Waals surface area contributed by atoms with Gasteiger partial charge in [-0.15, -0.1) is 6.58 Å². The summed E-state index contributed by atoms with van der Waals surface area (Å²) in [7, 11) is -3.34. The Morgan fingerprint density at radius 1 is 1.00 bits per heavy atom. The molecule has 0 saturated heterocycles. The van der Waals surface area contributed by atoms with E-state index in [0.717, 1.165) is 77.0 Å². The van der Waals surface area contributed by atoms with Crippen LogP contribution in [0, 0.1) is 0 Å². The maximum atomic E-state index is 11.5. The first kappa shape index (κ1) is 26.2.